The lowest BCUT2D eigenvalue weighted by Crippen LogP contribution is -2.32. The van der Waals surface area contributed by atoms with E-state index in [9.17, 15) is 19.5 Å². The van der Waals surface area contributed by atoms with E-state index in [4.69, 9.17) is 10.2 Å². The topological polar surface area (TPSA) is 133 Å². The summed E-state index contributed by atoms with van der Waals surface area (Å²) in [7, 11) is 0. The number of aliphatic hydroxyl groups is 2. The van der Waals surface area contributed by atoms with Crippen molar-refractivity contribution < 1.29 is 20.1 Å². The van der Waals surface area contributed by atoms with Crippen LogP contribution in [0.1, 0.15) is 24.4 Å². The molecule has 8 heteroatoms. The molecule has 0 aliphatic heterocycles. The van der Waals surface area contributed by atoms with Gasteiger partial charge in [0, 0.05) is 30.8 Å². The Bertz CT molecular complexity index is 674. The molecule has 0 bridgehead atoms. The summed E-state index contributed by atoms with van der Waals surface area (Å²) in [6.07, 6.45) is 3.17. The van der Waals surface area contributed by atoms with Gasteiger partial charge in [-0.25, -0.2) is 9.59 Å². The zero-order valence-electron chi connectivity index (χ0n) is 11.1. The van der Waals surface area contributed by atoms with Gasteiger partial charge in [0.1, 0.15) is 0 Å². The van der Waals surface area contributed by atoms with Crippen LogP contribution >= 0.6 is 0 Å². The Labute approximate surface area is 119 Å². The summed E-state index contributed by atoms with van der Waals surface area (Å²) in [5.74, 6) is -1.52. The maximum atomic E-state index is 11.8. The van der Waals surface area contributed by atoms with Crippen molar-refractivity contribution in [3.63, 3.8) is 0 Å². The monoisotopic (exact) mass is 296 g/mol. The van der Waals surface area contributed by atoms with Crippen molar-refractivity contribution in [2.45, 2.75) is 25.0 Å². The molecule has 0 spiro atoms. The molecule has 21 heavy (non-hydrogen) atoms. The average Bonchev–Trinajstić information content (AvgIpc) is 2.78. The van der Waals surface area contributed by atoms with Gasteiger partial charge in [-0.3, -0.25) is 14.3 Å². The maximum absolute atomic E-state index is 11.8. The Balaban J connectivity index is 2.37. The third-order valence-electron chi connectivity index (χ3n) is 3.66. The van der Waals surface area contributed by atoms with Crippen molar-refractivity contribution in [2.24, 2.45) is 5.92 Å². The van der Waals surface area contributed by atoms with Crippen molar-refractivity contribution in [1.82, 2.24) is 9.55 Å². The van der Waals surface area contributed by atoms with Gasteiger partial charge in [-0.15, -0.1) is 0 Å². The van der Waals surface area contributed by atoms with Crippen molar-refractivity contribution >= 4 is 12.0 Å². The van der Waals surface area contributed by atoms with Crippen molar-refractivity contribution in [1.29, 1.82) is 0 Å². The van der Waals surface area contributed by atoms with Gasteiger partial charge in [0.2, 0.25) is 0 Å². The lowest BCUT2D eigenvalue weighted by atomic mass is 10.1. The van der Waals surface area contributed by atoms with Crippen LogP contribution in [0.4, 0.5) is 0 Å². The number of rotatable bonds is 4. The van der Waals surface area contributed by atoms with E-state index in [-0.39, 0.29) is 24.1 Å². The van der Waals surface area contributed by atoms with E-state index >= 15 is 0 Å². The molecule has 0 amide bonds. The molecule has 1 fully saturated rings. The Morgan fingerprint density at radius 3 is 2.71 bits per heavy atom. The van der Waals surface area contributed by atoms with Gasteiger partial charge in [-0.2, -0.15) is 0 Å². The summed E-state index contributed by atoms with van der Waals surface area (Å²) >= 11 is 0. The average molecular weight is 296 g/mol. The predicted octanol–water partition coefficient (Wildman–Crippen LogP) is -1.06. The van der Waals surface area contributed by atoms with Crippen LogP contribution < -0.4 is 11.2 Å². The quantitative estimate of drug-likeness (QED) is 0.523. The van der Waals surface area contributed by atoms with E-state index in [1.54, 1.807) is 0 Å². The standard InChI is InChI=1S/C13H16N2O6/c16-6-8-3-9(4-10(8)17)15-5-7(1-2-11(18)19)12(20)14-13(15)21/h1-2,5,8-10,16-17H,3-4,6H2,(H,18,19)(H,14,20,21)/b2-1+/t8-,9?,10+/m1/s1. The third kappa shape index (κ3) is 3.29. The highest BCUT2D eigenvalue weighted by Crippen LogP contribution is 2.33. The fraction of sp³-hybridized carbons (Fsp3) is 0.462. The molecule has 1 saturated carbocycles. The number of aromatic amines is 1. The molecule has 3 atom stereocenters. The molecule has 0 aromatic carbocycles. The second-order valence-corrected chi connectivity index (χ2v) is 5.06. The molecule has 0 saturated heterocycles. The molecular formula is C13H16N2O6. The number of nitrogens with one attached hydrogen (secondary N) is 1. The lowest BCUT2D eigenvalue weighted by molar-refractivity contribution is -0.131. The highest BCUT2D eigenvalue weighted by atomic mass is 16.4. The number of H-pyrrole nitrogens is 1. The zero-order chi connectivity index (χ0) is 15.6. The largest absolute Gasteiger partial charge is 0.478 e. The molecule has 1 aliphatic rings. The van der Waals surface area contributed by atoms with Crippen molar-refractivity contribution in [3.05, 3.63) is 38.7 Å². The Morgan fingerprint density at radius 2 is 2.14 bits per heavy atom. The summed E-state index contributed by atoms with van der Waals surface area (Å²) in [6.45, 7) is -0.179. The molecule has 8 nitrogen and oxygen atoms in total. The summed E-state index contributed by atoms with van der Waals surface area (Å²) in [4.78, 5) is 36.1. The first-order valence-corrected chi connectivity index (χ1v) is 6.47. The van der Waals surface area contributed by atoms with E-state index in [1.807, 2.05) is 0 Å². The van der Waals surface area contributed by atoms with Crippen LogP contribution in [-0.4, -0.2) is 43.6 Å². The number of carboxylic acids is 1. The summed E-state index contributed by atoms with van der Waals surface area (Å²) in [5, 5.41) is 27.5. The van der Waals surface area contributed by atoms with E-state index in [2.05, 4.69) is 4.98 Å². The van der Waals surface area contributed by atoms with Gasteiger partial charge >= 0.3 is 11.7 Å². The number of aliphatic hydroxyl groups excluding tert-OH is 2. The van der Waals surface area contributed by atoms with Gasteiger partial charge in [0.15, 0.2) is 0 Å². The fourth-order valence-electron chi connectivity index (χ4n) is 2.55. The summed E-state index contributed by atoms with van der Waals surface area (Å²) < 4.78 is 1.27. The Kier molecular flexibility index (Phi) is 4.39. The predicted molar refractivity (Wildman–Crippen MR) is 72.8 cm³/mol. The van der Waals surface area contributed by atoms with Gasteiger partial charge in [0.25, 0.3) is 5.56 Å². The minimum atomic E-state index is -1.20. The van der Waals surface area contributed by atoms with E-state index in [0.29, 0.717) is 12.8 Å². The smallest absolute Gasteiger partial charge is 0.328 e. The number of aliphatic carboxylic acids is 1. The molecular weight excluding hydrogens is 280 g/mol. The first-order chi connectivity index (χ1) is 9.92. The SMILES string of the molecule is O=C(O)/C=C/c1cn(C2C[C@H](CO)[C@@H](O)C2)c(=O)[nH]c1=O. The van der Waals surface area contributed by atoms with Crippen LogP contribution in [0.3, 0.4) is 0 Å². The van der Waals surface area contributed by atoms with Crippen LogP contribution in [0, 0.1) is 5.92 Å². The first-order valence-electron chi connectivity index (χ1n) is 6.47. The molecule has 4 N–H and O–H groups in total. The normalized spacial score (nSPS) is 25.5. The Morgan fingerprint density at radius 1 is 1.43 bits per heavy atom. The number of nitrogens with zero attached hydrogens (tertiary/aromatic N) is 1. The molecule has 2 rings (SSSR count). The number of hydrogen-bond donors (Lipinski definition) is 4. The molecule has 1 aromatic heterocycles. The molecule has 1 aliphatic carbocycles. The van der Waals surface area contributed by atoms with E-state index in [1.165, 1.54) is 10.8 Å². The molecule has 1 aromatic rings. The van der Waals surface area contributed by atoms with Gasteiger partial charge in [0.05, 0.1) is 11.7 Å². The number of carboxylic acid groups (broad SMARTS) is 1. The highest BCUT2D eigenvalue weighted by Gasteiger charge is 2.34. The second-order valence-electron chi connectivity index (χ2n) is 5.06. The van der Waals surface area contributed by atoms with E-state index < -0.39 is 23.3 Å². The van der Waals surface area contributed by atoms with Crippen molar-refractivity contribution in [2.75, 3.05) is 6.61 Å². The van der Waals surface area contributed by atoms with Crippen LogP contribution in [-0.2, 0) is 4.79 Å². The van der Waals surface area contributed by atoms with Crippen LogP contribution in [0.2, 0.25) is 0 Å². The minimum Gasteiger partial charge on any atom is -0.478 e. The van der Waals surface area contributed by atoms with Crippen LogP contribution in [0.5, 0.6) is 0 Å². The van der Waals surface area contributed by atoms with Crippen molar-refractivity contribution in [3.8, 4) is 0 Å². The number of hydrogen-bond acceptors (Lipinski definition) is 5. The first kappa shape index (κ1) is 15.2. The molecule has 1 unspecified atom stereocenters. The fourth-order valence-corrected chi connectivity index (χ4v) is 2.55. The minimum absolute atomic E-state index is 0.0407. The third-order valence-corrected chi connectivity index (χ3v) is 3.66. The van der Waals surface area contributed by atoms with Gasteiger partial charge < -0.3 is 15.3 Å². The number of carbonyl (C=O) groups is 1. The van der Waals surface area contributed by atoms with Gasteiger partial charge in [-0.05, 0) is 18.9 Å². The highest BCUT2D eigenvalue weighted by molar-refractivity contribution is 5.85. The molecule has 114 valence electrons. The molecule has 1 heterocycles. The lowest BCUT2D eigenvalue weighted by Gasteiger charge is -2.13. The van der Waals surface area contributed by atoms with Crippen LogP contribution in [0.15, 0.2) is 21.9 Å². The molecule has 0 radical (unpaired) electrons. The van der Waals surface area contributed by atoms with Crippen LogP contribution in [0.25, 0.3) is 6.08 Å². The summed E-state index contributed by atoms with van der Waals surface area (Å²) in [6, 6.07) is -0.349. The summed E-state index contributed by atoms with van der Waals surface area (Å²) in [5.41, 5.74) is -1.26. The second kappa shape index (κ2) is 6.06. The zero-order valence-corrected chi connectivity index (χ0v) is 11.1. The maximum Gasteiger partial charge on any atom is 0.328 e. The van der Waals surface area contributed by atoms with E-state index in [0.717, 1.165) is 12.2 Å². The van der Waals surface area contributed by atoms with Gasteiger partial charge in [-0.1, -0.05) is 0 Å². The Hall–Kier alpha value is -2.19. The number of aromatic nitrogens is 2.